The van der Waals surface area contributed by atoms with Gasteiger partial charge in [-0.3, -0.25) is 9.58 Å². The van der Waals surface area contributed by atoms with Gasteiger partial charge in [-0.25, -0.2) is 0 Å². The highest BCUT2D eigenvalue weighted by Gasteiger charge is 2.29. The third-order valence-corrected chi connectivity index (χ3v) is 5.14. The summed E-state index contributed by atoms with van der Waals surface area (Å²) in [6, 6.07) is 6.94. The summed E-state index contributed by atoms with van der Waals surface area (Å²) in [5.41, 5.74) is 14.1. The quantitative estimate of drug-likeness (QED) is 0.943. The van der Waals surface area contributed by atoms with Crippen molar-refractivity contribution in [3.05, 3.63) is 51.8 Å². The minimum Gasteiger partial charge on any atom is -0.329 e. The van der Waals surface area contributed by atoms with Gasteiger partial charge in [0.25, 0.3) is 0 Å². The van der Waals surface area contributed by atoms with Crippen molar-refractivity contribution < 1.29 is 0 Å². The second-order valence-electron chi connectivity index (χ2n) is 6.39. The van der Waals surface area contributed by atoms with Gasteiger partial charge >= 0.3 is 0 Å². The summed E-state index contributed by atoms with van der Waals surface area (Å²) in [6.45, 7) is 9.18. The molecule has 1 aromatic carbocycles. The number of nitrogens with two attached hydrogens (primary N) is 1. The van der Waals surface area contributed by atoms with Crippen LogP contribution in [0.2, 0.25) is 0 Å². The SMILES string of the molecule is Cc1cccc2c1CN(CCc1c(C)nn(C)c1C)C2CN. The molecule has 0 radical (unpaired) electrons. The van der Waals surface area contributed by atoms with E-state index in [0.29, 0.717) is 12.6 Å². The zero-order chi connectivity index (χ0) is 15.9. The number of rotatable bonds is 4. The fourth-order valence-corrected chi connectivity index (χ4v) is 3.71. The summed E-state index contributed by atoms with van der Waals surface area (Å²) in [7, 11) is 2.02. The Morgan fingerprint density at radius 2 is 2.05 bits per heavy atom. The molecule has 4 nitrogen and oxygen atoms in total. The first kappa shape index (κ1) is 15.3. The lowest BCUT2D eigenvalue weighted by molar-refractivity contribution is 0.222. The highest BCUT2D eigenvalue weighted by Crippen LogP contribution is 2.34. The zero-order valence-electron chi connectivity index (χ0n) is 14.1. The molecule has 22 heavy (non-hydrogen) atoms. The van der Waals surface area contributed by atoms with Crippen LogP contribution in [0, 0.1) is 20.8 Å². The molecule has 0 aliphatic carbocycles. The van der Waals surface area contributed by atoms with Crippen LogP contribution in [0.5, 0.6) is 0 Å². The van der Waals surface area contributed by atoms with E-state index in [4.69, 9.17) is 5.73 Å². The Bertz CT molecular complexity index is 687. The van der Waals surface area contributed by atoms with Crippen molar-refractivity contribution in [2.24, 2.45) is 12.8 Å². The molecular formula is C18H26N4. The minimum absolute atomic E-state index is 0.354. The summed E-state index contributed by atoms with van der Waals surface area (Å²) in [6.07, 6.45) is 1.04. The number of nitrogens with zero attached hydrogens (tertiary/aromatic N) is 3. The van der Waals surface area contributed by atoms with Crippen molar-refractivity contribution in [1.29, 1.82) is 0 Å². The molecule has 1 unspecified atom stereocenters. The van der Waals surface area contributed by atoms with Crippen molar-refractivity contribution in [2.45, 2.75) is 39.8 Å². The molecule has 0 bridgehead atoms. The van der Waals surface area contributed by atoms with E-state index in [2.05, 4.69) is 49.0 Å². The number of aryl methyl sites for hydroxylation is 3. The summed E-state index contributed by atoms with van der Waals surface area (Å²) < 4.78 is 1.98. The third-order valence-electron chi connectivity index (χ3n) is 5.14. The lowest BCUT2D eigenvalue weighted by Gasteiger charge is -2.23. The minimum atomic E-state index is 0.354. The Labute approximate surface area is 132 Å². The van der Waals surface area contributed by atoms with Crippen LogP contribution in [-0.2, 0) is 20.0 Å². The van der Waals surface area contributed by atoms with E-state index >= 15 is 0 Å². The molecule has 0 spiro atoms. The standard InChI is InChI=1S/C18H26N4/c1-12-6-5-7-16-17(12)11-22(18(16)10-19)9-8-15-13(2)20-21(4)14(15)3/h5-7,18H,8-11,19H2,1-4H3. The van der Waals surface area contributed by atoms with Gasteiger partial charge in [0.05, 0.1) is 5.69 Å². The van der Waals surface area contributed by atoms with Crippen LogP contribution in [0.25, 0.3) is 0 Å². The van der Waals surface area contributed by atoms with Gasteiger partial charge in [0, 0.05) is 38.4 Å². The summed E-state index contributed by atoms with van der Waals surface area (Å²) >= 11 is 0. The van der Waals surface area contributed by atoms with Crippen molar-refractivity contribution in [2.75, 3.05) is 13.1 Å². The number of benzene rings is 1. The molecule has 2 aromatic rings. The van der Waals surface area contributed by atoms with Gasteiger partial charge in [-0.15, -0.1) is 0 Å². The largest absolute Gasteiger partial charge is 0.329 e. The molecule has 0 saturated carbocycles. The molecule has 1 atom stereocenters. The van der Waals surface area contributed by atoms with Crippen molar-refractivity contribution >= 4 is 0 Å². The zero-order valence-corrected chi connectivity index (χ0v) is 14.1. The Morgan fingerprint density at radius 3 is 2.68 bits per heavy atom. The van der Waals surface area contributed by atoms with Crippen LogP contribution in [0.3, 0.4) is 0 Å². The highest BCUT2D eigenvalue weighted by atomic mass is 15.3. The Kier molecular flexibility index (Phi) is 4.06. The predicted molar refractivity (Wildman–Crippen MR) is 89.8 cm³/mol. The fourth-order valence-electron chi connectivity index (χ4n) is 3.71. The van der Waals surface area contributed by atoms with Crippen LogP contribution in [0.4, 0.5) is 0 Å². The monoisotopic (exact) mass is 298 g/mol. The lowest BCUT2D eigenvalue weighted by Crippen LogP contribution is -2.29. The molecule has 0 saturated heterocycles. The first-order chi connectivity index (χ1) is 10.5. The molecule has 2 N–H and O–H groups in total. The number of hydrogen-bond acceptors (Lipinski definition) is 3. The molecule has 4 heteroatoms. The first-order valence-electron chi connectivity index (χ1n) is 8.04. The average Bonchev–Trinajstić information content (AvgIpc) is 2.96. The molecule has 1 aliphatic rings. The highest BCUT2D eigenvalue weighted by molar-refractivity contribution is 5.40. The molecule has 2 heterocycles. The number of aromatic nitrogens is 2. The third kappa shape index (κ3) is 2.46. The molecule has 1 aromatic heterocycles. The summed E-state index contributed by atoms with van der Waals surface area (Å²) in [5.74, 6) is 0. The second-order valence-corrected chi connectivity index (χ2v) is 6.39. The van der Waals surface area contributed by atoms with Gasteiger partial charge in [-0.2, -0.15) is 5.10 Å². The van der Waals surface area contributed by atoms with Crippen LogP contribution in [0.15, 0.2) is 18.2 Å². The molecule has 0 amide bonds. The van der Waals surface area contributed by atoms with Gasteiger partial charge in [-0.1, -0.05) is 18.2 Å². The average molecular weight is 298 g/mol. The van der Waals surface area contributed by atoms with Crippen LogP contribution < -0.4 is 5.73 Å². The normalized spacial score (nSPS) is 18.0. The maximum absolute atomic E-state index is 6.06. The Balaban J connectivity index is 1.78. The van der Waals surface area contributed by atoms with Crippen LogP contribution in [-0.4, -0.2) is 27.8 Å². The Morgan fingerprint density at radius 1 is 1.27 bits per heavy atom. The van der Waals surface area contributed by atoms with Crippen LogP contribution >= 0.6 is 0 Å². The Hall–Kier alpha value is -1.65. The van der Waals surface area contributed by atoms with Crippen molar-refractivity contribution in [3.8, 4) is 0 Å². The molecule has 1 aliphatic heterocycles. The van der Waals surface area contributed by atoms with Crippen molar-refractivity contribution in [3.63, 3.8) is 0 Å². The van der Waals surface area contributed by atoms with E-state index in [1.807, 2.05) is 11.7 Å². The first-order valence-corrected chi connectivity index (χ1v) is 8.04. The van der Waals surface area contributed by atoms with E-state index in [-0.39, 0.29) is 0 Å². The van der Waals surface area contributed by atoms with E-state index in [1.54, 1.807) is 0 Å². The van der Waals surface area contributed by atoms with E-state index < -0.39 is 0 Å². The smallest absolute Gasteiger partial charge is 0.0628 e. The molecule has 3 rings (SSSR count). The predicted octanol–water partition coefficient (Wildman–Crippen LogP) is 2.40. The maximum Gasteiger partial charge on any atom is 0.0628 e. The van der Waals surface area contributed by atoms with Gasteiger partial charge in [0.2, 0.25) is 0 Å². The maximum atomic E-state index is 6.06. The fraction of sp³-hybridized carbons (Fsp3) is 0.500. The van der Waals surface area contributed by atoms with Gasteiger partial charge in [-0.05, 0) is 49.4 Å². The summed E-state index contributed by atoms with van der Waals surface area (Å²) in [5, 5.41) is 4.52. The van der Waals surface area contributed by atoms with Gasteiger partial charge < -0.3 is 5.73 Å². The lowest BCUT2D eigenvalue weighted by atomic mass is 10.0. The molecular weight excluding hydrogens is 272 g/mol. The van der Waals surface area contributed by atoms with E-state index in [9.17, 15) is 0 Å². The number of hydrogen-bond donors (Lipinski definition) is 1. The van der Waals surface area contributed by atoms with Crippen LogP contribution in [0.1, 0.15) is 39.7 Å². The topological polar surface area (TPSA) is 47.1 Å². The van der Waals surface area contributed by atoms with E-state index in [1.165, 1.54) is 27.9 Å². The van der Waals surface area contributed by atoms with Gasteiger partial charge in [0.1, 0.15) is 0 Å². The molecule has 118 valence electrons. The summed E-state index contributed by atoms with van der Waals surface area (Å²) in [4.78, 5) is 2.52. The number of fused-ring (bicyclic) bond motifs is 1. The van der Waals surface area contributed by atoms with Crippen molar-refractivity contribution in [1.82, 2.24) is 14.7 Å². The molecule has 0 fully saturated rings. The van der Waals surface area contributed by atoms with E-state index in [0.717, 1.165) is 25.2 Å². The van der Waals surface area contributed by atoms with Gasteiger partial charge in [0.15, 0.2) is 0 Å². The second kappa shape index (κ2) is 5.86.